The number of carbonyl (C=O) groups is 2. The van der Waals surface area contributed by atoms with Crippen LogP contribution >= 0.6 is 11.3 Å². The Morgan fingerprint density at radius 2 is 1.86 bits per heavy atom. The largest absolute Gasteiger partial charge is 0.481 e. The quantitative estimate of drug-likeness (QED) is 0.477. The molecule has 1 fully saturated rings. The van der Waals surface area contributed by atoms with Crippen LogP contribution in [0.2, 0.25) is 0 Å². The second-order valence-electron chi connectivity index (χ2n) is 11.7. The van der Waals surface area contributed by atoms with Gasteiger partial charge >= 0.3 is 5.97 Å². The highest BCUT2D eigenvalue weighted by molar-refractivity contribution is 7.15. The van der Waals surface area contributed by atoms with Crippen molar-refractivity contribution >= 4 is 28.3 Å². The summed E-state index contributed by atoms with van der Waals surface area (Å²) in [4.78, 5) is 30.5. The number of nitrogens with zero attached hydrogens (tertiary/aromatic N) is 1. The molecule has 1 aromatic heterocycles. The monoisotopic (exact) mass is 500 g/mol. The lowest BCUT2D eigenvalue weighted by molar-refractivity contribution is -0.150. The Bertz CT molecular complexity index is 1120. The van der Waals surface area contributed by atoms with Crippen molar-refractivity contribution < 1.29 is 24.9 Å². The zero-order chi connectivity index (χ0) is 25.8. The van der Waals surface area contributed by atoms with Crippen LogP contribution in [0.4, 0.5) is 5.13 Å². The third-order valence-electron chi connectivity index (χ3n) is 8.51. The van der Waals surface area contributed by atoms with E-state index in [4.69, 9.17) is 4.98 Å². The molecule has 0 saturated heterocycles. The summed E-state index contributed by atoms with van der Waals surface area (Å²) in [5.74, 6) is -1.63. The first-order chi connectivity index (χ1) is 16.3. The Kier molecular flexibility index (Phi) is 6.62. The zero-order valence-corrected chi connectivity index (χ0v) is 21.9. The maximum Gasteiger partial charge on any atom is 0.304 e. The maximum atomic E-state index is 12.9. The smallest absolute Gasteiger partial charge is 0.304 e. The lowest BCUT2D eigenvalue weighted by atomic mass is 9.47. The summed E-state index contributed by atoms with van der Waals surface area (Å²) in [5, 5.41) is 34.1. The van der Waals surface area contributed by atoms with Gasteiger partial charge in [0, 0.05) is 21.8 Å². The van der Waals surface area contributed by atoms with E-state index in [1.165, 1.54) is 11.3 Å². The fourth-order valence-corrected chi connectivity index (χ4v) is 7.23. The van der Waals surface area contributed by atoms with Crippen molar-refractivity contribution in [2.75, 3.05) is 11.9 Å². The van der Waals surface area contributed by atoms with E-state index >= 15 is 0 Å². The number of aliphatic carboxylic acids is 1. The van der Waals surface area contributed by atoms with E-state index in [1.54, 1.807) is 12.1 Å². The van der Waals surface area contributed by atoms with Gasteiger partial charge in [-0.2, -0.15) is 0 Å². The molecule has 8 heteroatoms. The molecule has 1 heterocycles. The molecule has 5 unspecified atom stereocenters. The molecule has 0 radical (unpaired) electrons. The Morgan fingerprint density at radius 1 is 1.20 bits per heavy atom. The number of carboxylic acids is 1. The summed E-state index contributed by atoms with van der Waals surface area (Å²) in [6.45, 7) is 10.2. The molecule has 2 aliphatic carbocycles. The Balaban J connectivity index is 1.66. The molecule has 1 amide bonds. The fourth-order valence-electron chi connectivity index (χ4n) is 6.16. The summed E-state index contributed by atoms with van der Waals surface area (Å²) in [6, 6.07) is 7.52. The van der Waals surface area contributed by atoms with E-state index in [2.05, 4.69) is 33.0 Å². The highest BCUT2D eigenvalue weighted by Gasteiger charge is 2.59. The molecule has 35 heavy (non-hydrogen) atoms. The van der Waals surface area contributed by atoms with E-state index in [-0.39, 0.29) is 36.2 Å². The normalized spacial score (nSPS) is 30.3. The van der Waals surface area contributed by atoms with Gasteiger partial charge in [-0.1, -0.05) is 46.8 Å². The van der Waals surface area contributed by atoms with Gasteiger partial charge in [0.25, 0.3) is 5.91 Å². The van der Waals surface area contributed by atoms with Gasteiger partial charge in [0.15, 0.2) is 5.13 Å². The van der Waals surface area contributed by atoms with Crippen molar-refractivity contribution in [2.24, 2.45) is 16.7 Å². The topological polar surface area (TPSA) is 120 Å². The van der Waals surface area contributed by atoms with Gasteiger partial charge in [-0.15, -0.1) is 11.3 Å². The molecule has 0 aliphatic heterocycles. The second-order valence-corrected chi connectivity index (χ2v) is 12.8. The van der Waals surface area contributed by atoms with Gasteiger partial charge in [-0.25, -0.2) is 4.98 Å². The van der Waals surface area contributed by atoms with Crippen molar-refractivity contribution in [3.63, 3.8) is 0 Å². The van der Waals surface area contributed by atoms with E-state index in [0.29, 0.717) is 30.0 Å². The fraction of sp³-hybridized carbons (Fsp3) is 0.593. The minimum atomic E-state index is -0.905. The number of carbonyl (C=O) groups excluding carboxylic acids is 1. The van der Waals surface area contributed by atoms with Crippen molar-refractivity contribution in [3.8, 4) is 0 Å². The lowest BCUT2D eigenvalue weighted by Crippen LogP contribution is -2.57. The molecule has 5 atom stereocenters. The molecular formula is C27H36N2O5S. The van der Waals surface area contributed by atoms with Crippen LogP contribution < -0.4 is 5.32 Å². The molecule has 1 aromatic carbocycles. The standard InChI is InChI=1S/C27H36N2O5S/c1-25(2,3)16-8-6-15(7-9-16)23(34)29-24-28-22-17(12-21(32)33)26(4)11-10-20(31)27(5,14-30)19(26)13-18(22)35-24/h6-9,17,19-20,30-31H,10-14H2,1-5H3,(H,32,33)(H,28,29,34). The van der Waals surface area contributed by atoms with Crippen molar-refractivity contribution in [3.05, 3.63) is 46.0 Å². The summed E-state index contributed by atoms with van der Waals surface area (Å²) < 4.78 is 0. The first kappa shape index (κ1) is 25.8. The minimum Gasteiger partial charge on any atom is -0.481 e. The van der Waals surface area contributed by atoms with E-state index < -0.39 is 22.9 Å². The summed E-state index contributed by atoms with van der Waals surface area (Å²) in [7, 11) is 0. The van der Waals surface area contributed by atoms with Gasteiger partial charge in [-0.05, 0) is 53.7 Å². The predicted octanol–water partition coefficient (Wildman–Crippen LogP) is 4.58. The van der Waals surface area contributed by atoms with Gasteiger partial charge < -0.3 is 15.3 Å². The van der Waals surface area contributed by atoms with Gasteiger partial charge in [-0.3, -0.25) is 14.9 Å². The Morgan fingerprint density at radius 3 is 2.43 bits per heavy atom. The summed E-state index contributed by atoms with van der Waals surface area (Å²) >= 11 is 1.36. The number of nitrogens with one attached hydrogen (secondary N) is 1. The van der Waals surface area contributed by atoms with Crippen LogP contribution in [0.3, 0.4) is 0 Å². The number of benzene rings is 1. The third kappa shape index (κ3) is 4.52. The third-order valence-corrected chi connectivity index (χ3v) is 9.51. The number of rotatable bonds is 5. The number of amides is 1. The van der Waals surface area contributed by atoms with Crippen molar-refractivity contribution in [1.29, 1.82) is 0 Å². The molecule has 4 N–H and O–H groups in total. The molecule has 0 spiro atoms. The lowest BCUT2D eigenvalue weighted by Gasteiger charge is -2.58. The Labute approximate surface area is 210 Å². The number of anilines is 1. The number of aromatic nitrogens is 1. The van der Waals surface area contributed by atoms with Crippen LogP contribution in [0.25, 0.3) is 0 Å². The average Bonchev–Trinajstić information content (AvgIpc) is 3.19. The van der Waals surface area contributed by atoms with E-state index in [9.17, 15) is 24.9 Å². The molecule has 1 saturated carbocycles. The highest BCUT2D eigenvalue weighted by Crippen LogP contribution is 2.62. The van der Waals surface area contributed by atoms with Gasteiger partial charge in [0.05, 0.1) is 24.8 Å². The average molecular weight is 501 g/mol. The van der Waals surface area contributed by atoms with Crippen LogP contribution in [0.5, 0.6) is 0 Å². The molecule has 2 aliphatic rings. The number of aliphatic hydroxyl groups excluding tert-OH is 2. The number of carboxylic acid groups (broad SMARTS) is 1. The molecule has 4 rings (SSSR count). The maximum absolute atomic E-state index is 12.9. The summed E-state index contributed by atoms with van der Waals surface area (Å²) in [5.41, 5.74) is 1.23. The van der Waals surface area contributed by atoms with E-state index in [0.717, 1.165) is 16.1 Å². The van der Waals surface area contributed by atoms with E-state index in [1.807, 2.05) is 19.1 Å². The highest BCUT2D eigenvalue weighted by atomic mass is 32.1. The van der Waals surface area contributed by atoms with Crippen LogP contribution in [0.1, 0.15) is 86.3 Å². The SMILES string of the molecule is CC(C)(C)c1ccc(C(=O)Nc2nc3c(s2)CC2C(C)(CO)C(O)CCC2(C)C3CC(=O)O)cc1. The van der Waals surface area contributed by atoms with Crippen molar-refractivity contribution in [1.82, 2.24) is 4.98 Å². The molecule has 190 valence electrons. The molecule has 0 bridgehead atoms. The first-order valence-electron chi connectivity index (χ1n) is 12.2. The molecule has 2 aromatic rings. The number of thiazole rings is 1. The summed E-state index contributed by atoms with van der Waals surface area (Å²) in [6.07, 6.45) is 1.02. The van der Waals surface area contributed by atoms with Gasteiger partial charge in [0.2, 0.25) is 0 Å². The second kappa shape index (κ2) is 8.98. The van der Waals surface area contributed by atoms with Gasteiger partial charge in [0.1, 0.15) is 0 Å². The number of hydrogen-bond acceptors (Lipinski definition) is 6. The number of fused-ring (bicyclic) bond motifs is 2. The first-order valence-corrected chi connectivity index (χ1v) is 13.0. The molecular weight excluding hydrogens is 464 g/mol. The molecule has 7 nitrogen and oxygen atoms in total. The number of aliphatic hydroxyl groups is 2. The van der Waals surface area contributed by atoms with Crippen molar-refractivity contribution in [2.45, 2.75) is 77.7 Å². The van der Waals surface area contributed by atoms with Crippen LogP contribution in [-0.2, 0) is 16.6 Å². The van der Waals surface area contributed by atoms with Crippen LogP contribution in [-0.4, -0.2) is 44.9 Å². The van der Waals surface area contributed by atoms with Crippen LogP contribution in [0, 0.1) is 16.7 Å². The number of hydrogen-bond donors (Lipinski definition) is 4. The minimum absolute atomic E-state index is 0.00788. The van der Waals surface area contributed by atoms with Crippen LogP contribution in [0.15, 0.2) is 24.3 Å². The zero-order valence-electron chi connectivity index (χ0n) is 21.1. The Hall–Kier alpha value is -2.29. The predicted molar refractivity (Wildman–Crippen MR) is 136 cm³/mol.